The Morgan fingerprint density at radius 1 is 1.09 bits per heavy atom. The van der Waals surface area contributed by atoms with Gasteiger partial charge >= 0.3 is 0 Å². The van der Waals surface area contributed by atoms with E-state index in [1.807, 2.05) is 31.2 Å². The van der Waals surface area contributed by atoms with Crippen LogP contribution in [0.4, 0.5) is 0 Å². The van der Waals surface area contributed by atoms with Crippen molar-refractivity contribution in [1.82, 2.24) is 14.5 Å². The number of rotatable bonds is 8. The van der Waals surface area contributed by atoms with Gasteiger partial charge in [0.25, 0.3) is 5.56 Å². The maximum Gasteiger partial charge on any atom is 0.267 e. The zero-order chi connectivity index (χ0) is 23.5. The lowest BCUT2D eigenvalue weighted by atomic mass is 10.0. The van der Waals surface area contributed by atoms with Gasteiger partial charge in [0.2, 0.25) is 0 Å². The third kappa shape index (κ3) is 4.65. The smallest absolute Gasteiger partial charge is 0.267 e. The molecule has 1 aliphatic heterocycles. The molecule has 0 fully saturated rings. The van der Waals surface area contributed by atoms with Gasteiger partial charge in [-0.15, -0.1) is 11.3 Å². The minimum Gasteiger partial charge on any atom is -0.494 e. The summed E-state index contributed by atoms with van der Waals surface area (Å²) < 4.78 is 7.39. The fourth-order valence-corrected chi connectivity index (χ4v) is 6.60. The minimum atomic E-state index is 0.0433. The highest BCUT2D eigenvalue weighted by Gasteiger charge is 2.25. The number of thioether (sulfide) groups is 1. The molecule has 2 aromatic heterocycles. The quantitative estimate of drug-likeness (QED) is 0.227. The number of aromatic nitrogens is 2. The molecule has 5 rings (SSSR count). The second-order valence-corrected chi connectivity index (χ2v) is 10.6. The lowest BCUT2D eigenvalue weighted by Crippen LogP contribution is -2.30. The average molecular weight is 492 g/mol. The second-order valence-electron chi connectivity index (χ2n) is 8.44. The maximum absolute atomic E-state index is 13.9. The van der Waals surface area contributed by atoms with Crippen LogP contribution in [0, 0.1) is 0 Å². The summed E-state index contributed by atoms with van der Waals surface area (Å²) in [4.78, 5) is 23.5. The molecule has 0 bridgehead atoms. The molecule has 0 saturated carbocycles. The van der Waals surface area contributed by atoms with Crippen molar-refractivity contribution in [3.8, 4) is 11.4 Å². The summed E-state index contributed by atoms with van der Waals surface area (Å²) in [6.07, 6.45) is 1.90. The van der Waals surface area contributed by atoms with Crippen molar-refractivity contribution in [2.75, 3.05) is 18.9 Å². The van der Waals surface area contributed by atoms with Crippen LogP contribution in [0.15, 0.2) is 64.5 Å². The molecular weight excluding hydrogens is 462 g/mol. The molecule has 0 atom stereocenters. The lowest BCUT2D eigenvalue weighted by Gasteiger charge is -2.26. The standard InChI is InChI=1S/C27H29N3O2S2/c1-3-16-33-27-28-25-24(26(31)30(27)20-10-12-21(13-11-20)32-4-2)22-14-15-29(18-23(22)34-25)17-19-8-6-5-7-9-19/h5-13H,3-4,14-18H2,1-2H3. The van der Waals surface area contributed by atoms with Crippen molar-refractivity contribution in [3.05, 3.63) is 81.0 Å². The molecule has 0 aliphatic carbocycles. The number of ether oxygens (including phenoxy) is 1. The molecule has 0 spiro atoms. The molecule has 0 saturated heterocycles. The topological polar surface area (TPSA) is 47.4 Å². The fraction of sp³-hybridized carbons (Fsp3) is 0.333. The van der Waals surface area contributed by atoms with Gasteiger partial charge in [-0.05, 0) is 55.2 Å². The van der Waals surface area contributed by atoms with Gasteiger partial charge in [-0.3, -0.25) is 14.3 Å². The summed E-state index contributed by atoms with van der Waals surface area (Å²) in [6.45, 7) is 7.48. The van der Waals surface area contributed by atoms with Crippen LogP contribution in [0.5, 0.6) is 5.75 Å². The number of hydrogen-bond donors (Lipinski definition) is 0. The Bertz CT molecular complexity index is 1330. The first-order valence-electron chi connectivity index (χ1n) is 11.9. The van der Waals surface area contributed by atoms with Gasteiger partial charge in [-0.25, -0.2) is 4.98 Å². The van der Waals surface area contributed by atoms with E-state index in [1.165, 1.54) is 16.0 Å². The van der Waals surface area contributed by atoms with Gasteiger partial charge in [0.05, 0.1) is 17.7 Å². The Morgan fingerprint density at radius 3 is 2.62 bits per heavy atom. The predicted octanol–water partition coefficient (Wildman–Crippen LogP) is 5.91. The Kier molecular flexibility index (Phi) is 7.04. The van der Waals surface area contributed by atoms with E-state index in [9.17, 15) is 4.79 Å². The Hall–Kier alpha value is -2.61. The van der Waals surface area contributed by atoms with Gasteiger partial charge in [0, 0.05) is 30.3 Å². The first-order valence-corrected chi connectivity index (χ1v) is 13.7. The number of nitrogens with zero attached hydrogens (tertiary/aromatic N) is 3. The van der Waals surface area contributed by atoms with E-state index in [0.29, 0.717) is 6.61 Å². The third-order valence-electron chi connectivity index (χ3n) is 6.01. The molecule has 3 heterocycles. The zero-order valence-electron chi connectivity index (χ0n) is 19.6. The number of benzene rings is 2. The van der Waals surface area contributed by atoms with E-state index in [2.05, 4.69) is 42.2 Å². The molecule has 176 valence electrons. The van der Waals surface area contributed by atoms with Crippen molar-refractivity contribution in [1.29, 1.82) is 0 Å². The summed E-state index contributed by atoms with van der Waals surface area (Å²) in [5.41, 5.74) is 3.39. The van der Waals surface area contributed by atoms with Crippen molar-refractivity contribution >= 4 is 33.3 Å². The van der Waals surface area contributed by atoms with E-state index in [0.717, 1.165) is 65.0 Å². The fourth-order valence-electron chi connectivity index (χ4n) is 4.43. The first kappa shape index (κ1) is 23.1. The van der Waals surface area contributed by atoms with Crippen molar-refractivity contribution in [2.45, 2.75) is 44.9 Å². The van der Waals surface area contributed by atoms with Crippen LogP contribution in [-0.2, 0) is 19.5 Å². The van der Waals surface area contributed by atoms with E-state index in [-0.39, 0.29) is 5.56 Å². The van der Waals surface area contributed by atoms with Gasteiger partial charge < -0.3 is 4.74 Å². The summed E-state index contributed by atoms with van der Waals surface area (Å²) >= 11 is 3.34. The summed E-state index contributed by atoms with van der Waals surface area (Å²) in [5, 5.41) is 1.57. The molecule has 0 unspecified atom stereocenters. The zero-order valence-corrected chi connectivity index (χ0v) is 21.3. The molecular formula is C27H29N3O2S2. The van der Waals surface area contributed by atoms with Crippen LogP contribution in [0.1, 0.15) is 36.3 Å². The van der Waals surface area contributed by atoms with Crippen molar-refractivity contribution < 1.29 is 4.74 Å². The third-order valence-corrected chi connectivity index (χ3v) is 8.27. The summed E-state index contributed by atoms with van der Waals surface area (Å²) in [6, 6.07) is 18.3. The van der Waals surface area contributed by atoms with E-state index in [1.54, 1.807) is 27.7 Å². The van der Waals surface area contributed by atoms with Crippen LogP contribution >= 0.6 is 23.1 Å². The SMILES string of the molecule is CCCSc1nc2sc3c(c2c(=O)n1-c1ccc(OCC)cc1)CCN(Cc1ccccc1)C3. The Labute approximate surface area is 208 Å². The van der Waals surface area contributed by atoms with E-state index in [4.69, 9.17) is 9.72 Å². The maximum atomic E-state index is 13.9. The van der Waals surface area contributed by atoms with E-state index < -0.39 is 0 Å². The average Bonchev–Trinajstić information content (AvgIpc) is 3.22. The van der Waals surface area contributed by atoms with Crippen molar-refractivity contribution in [2.24, 2.45) is 0 Å². The van der Waals surface area contributed by atoms with E-state index >= 15 is 0 Å². The Balaban J connectivity index is 1.54. The summed E-state index contributed by atoms with van der Waals surface area (Å²) in [7, 11) is 0. The molecule has 0 amide bonds. The van der Waals surface area contributed by atoms with Gasteiger partial charge in [0.15, 0.2) is 5.16 Å². The highest BCUT2D eigenvalue weighted by molar-refractivity contribution is 7.99. The van der Waals surface area contributed by atoms with Crippen LogP contribution in [0.25, 0.3) is 15.9 Å². The molecule has 7 heteroatoms. The molecule has 2 aromatic carbocycles. The highest BCUT2D eigenvalue weighted by Crippen LogP contribution is 2.35. The summed E-state index contributed by atoms with van der Waals surface area (Å²) in [5.74, 6) is 1.73. The Morgan fingerprint density at radius 2 is 1.88 bits per heavy atom. The first-order chi connectivity index (χ1) is 16.7. The molecule has 1 aliphatic rings. The van der Waals surface area contributed by atoms with Crippen LogP contribution < -0.4 is 10.3 Å². The minimum absolute atomic E-state index is 0.0433. The number of hydrogen-bond acceptors (Lipinski definition) is 6. The molecule has 0 radical (unpaired) electrons. The normalized spacial score (nSPS) is 13.8. The predicted molar refractivity (Wildman–Crippen MR) is 142 cm³/mol. The number of thiophene rings is 1. The molecule has 0 N–H and O–H groups in total. The van der Waals surface area contributed by atoms with Gasteiger partial charge in [-0.2, -0.15) is 0 Å². The highest BCUT2D eigenvalue weighted by atomic mass is 32.2. The van der Waals surface area contributed by atoms with Crippen LogP contribution in [-0.4, -0.2) is 33.4 Å². The number of fused-ring (bicyclic) bond motifs is 3. The monoisotopic (exact) mass is 491 g/mol. The molecule has 5 nitrogen and oxygen atoms in total. The van der Waals surface area contributed by atoms with Gasteiger partial charge in [-0.1, -0.05) is 49.0 Å². The van der Waals surface area contributed by atoms with Gasteiger partial charge in [0.1, 0.15) is 10.6 Å². The van der Waals surface area contributed by atoms with Crippen LogP contribution in [0.3, 0.4) is 0 Å². The largest absolute Gasteiger partial charge is 0.494 e. The van der Waals surface area contributed by atoms with Crippen molar-refractivity contribution in [3.63, 3.8) is 0 Å². The second kappa shape index (κ2) is 10.3. The molecule has 34 heavy (non-hydrogen) atoms. The lowest BCUT2D eigenvalue weighted by molar-refractivity contribution is 0.249. The molecule has 4 aromatic rings. The van der Waals surface area contributed by atoms with Crippen LogP contribution in [0.2, 0.25) is 0 Å².